The first kappa shape index (κ1) is 13.0. The van der Waals surface area contributed by atoms with Crippen molar-refractivity contribution in [2.24, 2.45) is 0 Å². The Morgan fingerprint density at radius 1 is 1.33 bits per heavy atom. The highest BCUT2D eigenvalue weighted by Crippen LogP contribution is 2.15. The molecule has 0 aliphatic heterocycles. The lowest BCUT2D eigenvalue weighted by molar-refractivity contribution is 0.474. The number of nitrogens with zero attached hydrogens (tertiary/aromatic N) is 1. The fourth-order valence-electron chi connectivity index (χ4n) is 1.35. The summed E-state index contributed by atoms with van der Waals surface area (Å²) in [6, 6.07) is 5.37. The maximum atomic E-state index is 11.9. The van der Waals surface area contributed by atoms with Gasteiger partial charge < -0.3 is 5.11 Å². The summed E-state index contributed by atoms with van der Waals surface area (Å²) in [7, 11) is -3.56. The van der Waals surface area contributed by atoms with Crippen LogP contribution in [0.4, 0.5) is 0 Å². The molecule has 0 amide bonds. The fourth-order valence-corrected chi connectivity index (χ4v) is 3.14. The quantitative estimate of drug-likeness (QED) is 0.894. The summed E-state index contributed by atoms with van der Waals surface area (Å²) in [6.07, 6.45) is 0. The second-order valence-corrected chi connectivity index (χ2v) is 6.41. The van der Waals surface area contributed by atoms with Crippen LogP contribution in [0, 0.1) is 6.92 Å². The van der Waals surface area contributed by atoms with Crippen LogP contribution in [0.1, 0.15) is 10.7 Å². The minimum absolute atomic E-state index is 0.0319. The molecular formula is C11H12N2O3S2. The van der Waals surface area contributed by atoms with Gasteiger partial charge >= 0.3 is 0 Å². The lowest BCUT2D eigenvalue weighted by atomic mass is 10.3. The van der Waals surface area contributed by atoms with E-state index < -0.39 is 10.0 Å². The van der Waals surface area contributed by atoms with Gasteiger partial charge in [-0.15, -0.1) is 11.3 Å². The Morgan fingerprint density at radius 2 is 2.00 bits per heavy atom. The van der Waals surface area contributed by atoms with Crippen molar-refractivity contribution in [3.63, 3.8) is 0 Å². The first-order chi connectivity index (χ1) is 8.47. The largest absolute Gasteiger partial charge is 0.508 e. The number of benzene rings is 1. The molecule has 5 nitrogen and oxygen atoms in total. The first-order valence-corrected chi connectivity index (χ1v) is 7.53. The van der Waals surface area contributed by atoms with Crippen LogP contribution in [-0.4, -0.2) is 18.5 Å². The molecule has 2 aromatic rings. The smallest absolute Gasteiger partial charge is 0.240 e. The van der Waals surface area contributed by atoms with Crippen LogP contribution in [0.2, 0.25) is 0 Å². The molecule has 0 aliphatic rings. The molecule has 0 atom stereocenters. The second-order valence-electron chi connectivity index (χ2n) is 3.70. The van der Waals surface area contributed by atoms with Crippen molar-refractivity contribution in [3.8, 4) is 5.75 Å². The fraction of sp³-hybridized carbons (Fsp3) is 0.182. The van der Waals surface area contributed by atoms with Gasteiger partial charge in [-0.25, -0.2) is 18.1 Å². The van der Waals surface area contributed by atoms with E-state index in [4.69, 9.17) is 5.11 Å². The third kappa shape index (κ3) is 3.06. The normalized spacial score (nSPS) is 11.6. The lowest BCUT2D eigenvalue weighted by Crippen LogP contribution is -2.23. The molecule has 0 unspecified atom stereocenters. The number of sulfonamides is 1. The van der Waals surface area contributed by atoms with E-state index in [0.29, 0.717) is 0 Å². The highest BCUT2D eigenvalue weighted by molar-refractivity contribution is 7.89. The number of hydrogen-bond acceptors (Lipinski definition) is 5. The molecule has 7 heteroatoms. The highest BCUT2D eigenvalue weighted by Gasteiger charge is 2.14. The standard InChI is InChI=1S/C11H12N2O3S2/c1-8-7-17-11(13-8)6-12-18(15,16)10-4-2-9(14)3-5-10/h2-5,7,12,14H,6H2,1H3. The molecule has 0 saturated heterocycles. The van der Waals surface area contributed by atoms with Crippen molar-refractivity contribution in [2.45, 2.75) is 18.4 Å². The maximum Gasteiger partial charge on any atom is 0.240 e. The average molecular weight is 284 g/mol. The Labute approximate surface area is 109 Å². The van der Waals surface area contributed by atoms with E-state index in [9.17, 15) is 8.42 Å². The summed E-state index contributed by atoms with van der Waals surface area (Å²) in [6.45, 7) is 2.02. The number of aryl methyl sites for hydroxylation is 1. The van der Waals surface area contributed by atoms with Gasteiger partial charge in [-0.05, 0) is 31.2 Å². The van der Waals surface area contributed by atoms with Gasteiger partial charge in [0, 0.05) is 11.1 Å². The zero-order valence-corrected chi connectivity index (χ0v) is 11.3. The second kappa shape index (κ2) is 5.05. The molecular weight excluding hydrogens is 272 g/mol. The predicted molar refractivity (Wildman–Crippen MR) is 69.0 cm³/mol. The van der Waals surface area contributed by atoms with Gasteiger partial charge in [0.15, 0.2) is 0 Å². The summed E-state index contributed by atoms with van der Waals surface area (Å²) in [5.41, 5.74) is 0.874. The van der Waals surface area contributed by atoms with E-state index in [0.717, 1.165) is 10.7 Å². The lowest BCUT2D eigenvalue weighted by Gasteiger charge is -2.05. The number of phenols is 1. The number of aromatic nitrogens is 1. The van der Waals surface area contributed by atoms with Crippen LogP contribution in [0.25, 0.3) is 0 Å². The van der Waals surface area contributed by atoms with Gasteiger partial charge in [-0.3, -0.25) is 0 Å². The molecule has 96 valence electrons. The third-order valence-electron chi connectivity index (χ3n) is 2.23. The predicted octanol–water partition coefficient (Wildman–Crippen LogP) is 1.64. The monoisotopic (exact) mass is 284 g/mol. The number of thiazole rings is 1. The maximum absolute atomic E-state index is 11.9. The van der Waals surface area contributed by atoms with Gasteiger partial charge in [0.05, 0.1) is 11.4 Å². The third-order valence-corrected chi connectivity index (χ3v) is 4.61. The van der Waals surface area contributed by atoms with Crippen LogP contribution < -0.4 is 4.72 Å². The van der Waals surface area contributed by atoms with Crippen molar-refractivity contribution in [1.82, 2.24) is 9.71 Å². The van der Waals surface area contributed by atoms with Gasteiger partial charge in [0.1, 0.15) is 10.8 Å². The molecule has 1 aromatic heterocycles. The zero-order valence-electron chi connectivity index (χ0n) is 9.62. The Bertz CT molecular complexity index is 633. The number of rotatable bonds is 4. The van der Waals surface area contributed by atoms with E-state index >= 15 is 0 Å². The molecule has 2 N–H and O–H groups in total. The molecule has 0 saturated carbocycles. The van der Waals surface area contributed by atoms with E-state index in [1.807, 2.05) is 12.3 Å². The molecule has 2 rings (SSSR count). The minimum atomic E-state index is -3.56. The van der Waals surface area contributed by atoms with Crippen LogP contribution in [0.5, 0.6) is 5.75 Å². The number of nitrogens with one attached hydrogen (secondary N) is 1. The minimum Gasteiger partial charge on any atom is -0.508 e. The molecule has 1 aromatic carbocycles. The summed E-state index contributed by atoms with van der Waals surface area (Å²) in [4.78, 5) is 4.29. The van der Waals surface area contributed by atoms with E-state index in [2.05, 4.69) is 9.71 Å². The summed E-state index contributed by atoms with van der Waals surface area (Å²) < 4.78 is 26.3. The number of aromatic hydroxyl groups is 1. The van der Waals surface area contributed by atoms with Gasteiger partial charge in [0.2, 0.25) is 10.0 Å². The first-order valence-electron chi connectivity index (χ1n) is 5.17. The molecule has 0 fully saturated rings. The van der Waals surface area contributed by atoms with Crippen molar-refractivity contribution in [1.29, 1.82) is 0 Å². The van der Waals surface area contributed by atoms with Crippen LogP contribution in [0.3, 0.4) is 0 Å². The van der Waals surface area contributed by atoms with Crippen LogP contribution in [-0.2, 0) is 16.6 Å². The molecule has 0 bridgehead atoms. The Kier molecular flexibility index (Phi) is 3.65. The Morgan fingerprint density at radius 3 is 2.56 bits per heavy atom. The van der Waals surface area contributed by atoms with Crippen LogP contribution in [0.15, 0.2) is 34.5 Å². The van der Waals surface area contributed by atoms with Crippen LogP contribution >= 0.6 is 11.3 Å². The van der Waals surface area contributed by atoms with E-state index in [-0.39, 0.29) is 17.2 Å². The molecule has 0 radical (unpaired) electrons. The van der Waals surface area contributed by atoms with Gasteiger partial charge in [0.25, 0.3) is 0 Å². The van der Waals surface area contributed by atoms with Gasteiger partial charge in [-0.1, -0.05) is 0 Å². The average Bonchev–Trinajstić information content (AvgIpc) is 2.73. The SMILES string of the molecule is Cc1csc(CNS(=O)(=O)c2ccc(O)cc2)n1. The molecule has 0 aliphatic carbocycles. The zero-order chi connectivity index (χ0) is 13.2. The summed E-state index contributed by atoms with van der Waals surface area (Å²) in [5.74, 6) is 0.0319. The Balaban J connectivity index is 2.10. The van der Waals surface area contributed by atoms with Crippen molar-refractivity contribution in [3.05, 3.63) is 40.3 Å². The van der Waals surface area contributed by atoms with E-state index in [1.54, 1.807) is 0 Å². The van der Waals surface area contributed by atoms with Gasteiger partial charge in [-0.2, -0.15) is 0 Å². The van der Waals surface area contributed by atoms with E-state index in [1.165, 1.54) is 35.6 Å². The van der Waals surface area contributed by atoms with Crippen molar-refractivity contribution < 1.29 is 13.5 Å². The molecule has 1 heterocycles. The van der Waals surface area contributed by atoms with Crippen molar-refractivity contribution >= 4 is 21.4 Å². The molecule has 0 spiro atoms. The summed E-state index contributed by atoms with van der Waals surface area (Å²) in [5, 5.41) is 11.7. The highest BCUT2D eigenvalue weighted by atomic mass is 32.2. The van der Waals surface area contributed by atoms with Crippen molar-refractivity contribution in [2.75, 3.05) is 0 Å². The molecule has 18 heavy (non-hydrogen) atoms. The Hall–Kier alpha value is -1.44. The number of hydrogen-bond donors (Lipinski definition) is 2. The topological polar surface area (TPSA) is 79.3 Å². The number of phenolic OH excluding ortho intramolecular Hbond substituents is 1. The summed E-state index contributed by atoms with van der Waals surface area (Å²) >= 11 is 1.41.